The van der Waals surface area contributed by atoms with Crippen LogP contribution in [0.15, 0.2) is 49.1 Å². The lowest BCUT2D eigenvalue weighted by molar-refractivity contribution is 0.00692. The summed E-state index contributed by atoms with van der Waals surface area (Å²) in [6.45, 7) is 8.77. The van der Waals surface area contributed by atoms with Crippen molar-refractivity contribution >= 4 is 5.97 Å². The summed E-state index contributed by atoms with van der Waals surface area (Å²) in [5.41, 5.74) is 4.70. The Hall–Kier alpha value is -4.04. The molecular weight excluding hydrogens is 554 g/mol. The van der Waals surface area contributed by atoms with Crippen molar-refractivity contribution in [3.8, 4) is 11.1 Å². The van der Waals surface area contributed by atoms with E-state index in [9.17, 15) is 4.79 Å². The van der Waals surface area contributed by atoms with Gasteiger partial charge in [-0.3, -0.25) is 4.98 Å². The van der Waals surface area contributed by atoms with Gasteiger partial charge in [-0.25, -0.2) is 14.2 Å². The fourth-order valence-corrected chi connectivity index (χ4v) is 4.31. The summed E-state index contributed by atoms with van der Waals surface area (Å²) in [5, 5.41) is 17.1. The second kappa shape index (κ2) is 15.4. The van der Waals surface area contributed by atoms with Crippen LogP contribution in [0.4, 0.5) is 0 Å². The molecule has 0 bridgehead atoms. The van der Waals surface area contributed by atoms with E-state index >= 15 is 0 Å². The molecule has 3 heterocycles. The molecule has 0 saturated carbocycles. The van der Waals surface area contributed by atoms with Crippen molar-refractivity contribution in [2.45, 2.75) is 52.7 Å². The molecule has 1 aromatic carbocycles. The first-order valence-electron chi connectivity index (χ1n) is 14.0. The molecule has 0 aliphatic heterocycles. The van der Waals surface area contributed by atoms with Gasteiger partial charge in [-0.05, 0) is 67.3 Å². The Bertz CT molecular complexity index is 1380. The van der Waals surface area contributed by atoms with E-state index in [1.165, 1.54) is 0 Å². The highest BCUT2D eigenvalue weighted by molar-refractivity contribution is 5.91. The molecule has 0 aliphatic carbocycles. The van der Waals surface area contributed by atoms with E-state index in [1.54, 1.807) is 36.0 Å². The molecule has 0 saturated heterocycles. The zero-order valence-electron chi connectivity index (χ0n) is 25.4. The second-order valence-corrected chi connectivity index (χ2v) is 10.8. The van der Waals surface area contributed by atoms with Gasteiger partial charge in [0, 0.05) is 26.6 Å². The second-order valence-electron chi connectivity index (χ2n) is 10.8. The van der Waals surface area contributed by atoms with Gasteiger partial charge in [-0.15, -0.1) is 10.2 Å². The number of esters is 1. The fraction of sp³-hybridized carbons (Fsp3) is 0.467. The molecule has 4 rings (SSSR count). The van der Waals surface area contributed by atoms with Crippen LogP contribution in [-0.4, -0.2) is 87.2 Å². The molecule has 230 valence electrons. The lowest BCUT2D eigenvalue weighted by Crippen LogP contribution is -2.24. The molecule has 0 fully saturated rings. The van der Waals surface area contributed by atoms with Crippen molar-refractivity contribution in [3.05, 3.63) is 77.1 Å². The number of hydrogen-bond donors (Lipinski definition) is 0. The summed E-state index contributed by atoms with van der Waals surface area (Å²) in [7, 11) is 3.25. The van der Waals surface area contributed by atoms with Gasteiger partial charge >= 0.3 is 5.97 Å². The fourth-order valence-electron chi connectivity index (χ4n) is 4.31. The van der Waals surface area contributed by atoms with Crippen LogP contribution in [0, 0.1) is 0 Å². The van der Waals surface area contributed by atoms with Crippen LogP contribution >= 0.6 is 0 Å². The minimum absolute atomic E-state index is 0.313. The smallest absolute Gasteiger partial charge is 0.338 e. The minimum atomic E-state index is -0.658. The molecule has 0 N–H and O–H groups in total. The van der Waals surface area contributed by atoms with E-state index in [0.29, 0.717) is 69.7 Å². The lowest BCUT2D eigenvalue weighted by atomic mass is 9.92. The number of methoxy groups -OCH3 is 2. The number of benzene rings is 1. The first-order chi connectivity index (χ1) is 20.8. The Morgan fingerprint density at radius 2 is 1.30 bits per heavy atom. The van der Waals surface area contributed by atoms with Gasteiger partial charge in [0.15, 0.2) is 0 Å². The Labute approximate surface area is 251 Å². The molecule has 13 heteroatoms. The van der Waals surface area contributed by atoms with Gasteiger partial charge in [0.1, 0.15) is 17.0 Å². The van der Waals surface area contributed by atoms with Crippen molar-refractivity contribution in [2.75, 3.05) is 40.6 Å². The average Bonchev–Trinajstić information content (AvgIpc) is 3.62. The summed E-state index contributed by atoms with van der Waals surface area (Å²) in [4.78, 5) is 17.5. The molecule has 0 atom stereocenters. The maximum atomic E-state index is 13.3. The van der Waals surface area contributed by atoms with Crippen LogP contribution < -0.4 is 0 Å². The van der Waals surface area contributed by atoms with Gasteiger partial charge in [-0.2, -0.15) is 0 Å². The monoisotopic (exact) mass is 593 g/mol. The molecule has 3 aromatic heterocycles. The number of aromatic nitrogens is 7. The van der Waals surface area contributed by atoms with Crippen molar-refractivity contribution in [1.29, 1.82) is 0 Å². The summed E-state index contributed by atoms with van der Waals surface area (Å²) in [6, 6.07) is 7.56. The topological polar surface area (TPSA) is 138 Å². The van der Waals surface area contributed by atoms with Gasteiger partial charge in [0.25, 0.3) is 0 Å². The third-order valence-electron chi connectivity index (χ3n) is 6.11. The van der Waals surface area contributed by atoms with Gasteiger partial charge in [-0.1, -0.05) is 10.4 Å². The van der Waals surface area contributed by atoms with Crippen molar-refractivity contribution < 1.29 is 28.5 Å². The predicted molar refractivity (Wildman–Crippen MR) is 156 cm³/mol. The highest BCUT2D eigenvalue weighted by atomic mass is 16.6. The molecule has 0 unspecified atom stereocenters. The van der Waals surface area contributed by atoms with Crippen molar-refractivity contribution in [3.63, 3.8) is 0 Å². The Kier molecular flexibility index (Phi) is 11.4. The molecule has 43 heavy (non-hydrogen) atoms. The number of ether oxygens (including phenoxy) is 5. The Balaban J connectivity index is 1.70. The zero-order chi connectivity index (χ0) is 30.7. The maximum absolute atomic E-state index is 13.3. The van der Waals surface area contributed by atoms with Crippen LogP contribution in [0.3, 0.4) is 0 Å². The average molecular weight is 594 g/mol. The maximum Gasteiger partial charge on any atom is 0.338 e. The summed E-state index contributed by atoms with van der Waals surface area (Å²) >= 11 is 0. The quantitative estimate of drug-likeness (QED) is 0.140. The largest absolute Gasteiger partial charge is 0.456 e. The summed E-state index contributed by atoms with van der Waals surface area (Å²) < 4.78 is 30.5. The number of carbonyl (C=O) groups is 1. The van der Waals surface area contributed by atoms with Crippen molar-refractivity contribution in [2.24, 2.45) is 0 Å². The molecular formula is C30H39N7O6. The predicted octanol–water partition coefficient (Wildman–Crippen LogP) is 3.31. The molecule has 0 spiro atoms. The SMILES string of the molecule is COCCOCc1cn(Cc2cc(C(=O)OC(C)(C)C)cc(Cn3cc(COCCOC)nn3)c2-c2ccncc2)nn1. The van der Waals surface area contributed by atoms with Crippen LogP contribution in [0.5, 0.6) is 0 Å². The molecule has 4 aromatic rings. The van der Waals surface area contributed by atoms with E-state index in [1.807, 2.05) is 57.4 Å². The number of nitrogens with zero attached hydrogens (tertiary/aromatic N) is 7. The molecule has 0 radical (unpaired) electrons. The number of hydrogen-bond acceptors (Lipinski definition) is 11. The number of carbonyl (C=O) groups excluding carboxylic acids is 1. The minimum Gasteiger partial charge on any atom is -0.456 e. The molecule has 0 amide bonds. The third kappa shape index (κ3) is 9.75. The first kappa shape index (κ1) is 31.9. The summed E-state index contributed by atoms with van der Waals surface area (Å²) in [6.07, 6.45) is 7.13. The number of rotatable bonds is 16. The zero-order valence-corrected chi connectivity index (χ0v) is 25.4. The standard InChI is InChI=1S/C30H39N7O6/c1-30(2,3)43-29(38)23-14-24(16-36-18-26(32-34-36)20-41-12-10-39-4)28(22-6-8-31-9-7-22)25(15-23)17-37-19-27(33-35-37)21-42-13-11-40-5/h6-9,14-15,18-19H,10-13,16-17,20-21H2,1-5H3. The Morgan fingerprint density at radius 3 is 1.77 bits per heavy atom. The Morgan fingerprint density at radius 1 is 0.791 bits per heavy atom. The van der Waals surface area contributed by atoms with Crippen LogP contribution in [0.25, 0.3) is 11.1 Å². The van der Waals surface area contributed by atoms with E-state index < -0.39 is 11.6 Å². The van der Waals surface area contributed by atoms with E-state index in [2.05, 4.69) is 25.6 Å². The first-order valence-corrected chi connectivity index (χ1v) is 14.0. The van der Waals surface area contributed by atoms with E-state index in [4.69, 9.17) is 23.7 Å². The lowest BCUT2D eigenvalue weighted by Gasteiger charge is -2.21. The van der Waals surface area contributed by atoms with Gasteiger partial charge in [0.2, 0.25) is 0 Å². The summed E-state index contributed by atoms with van der Waals surface area (Å²) in [5.74, 6) is -0.423. The number of pyridine rings is 1. The van der Waals surface area contributed by atoms with Crippen LogP contribution in [-0.2, 0) is 50.0 Å². The molecule has 0 aliphatic rings. The van der Waals surface area contributed by atoms with E-state index in [-0.39, 0.29) is 0 Å². The van der Waals surface area contributed by atoms with Crippen LogP contribution in [0.1, 0.15) is 53.6 Å². The molecule has 13 nitrogen and oxygen atoms in total. The van der Waals surface area contributed by atoms with Crippen molar-refractivity contribution in [1.82, 2.24) is 35.0 Å². The third-order valence-corrected chi connectivity index (χ3v) is 6.11. The van der Waals surface area contributed by atoms with E-state index in [0.717, 1.165) is 22.3 Å². The highest BCUT2D eigenvalue weighted by Crippen LogP contribution is 2.31. The van der Waals surface area contributed by atoms with Crippen LogP contribution in [0.2, 0.25) is 0 Å². The van der Waals surface area contributed by atoms with Gasteiger partial charge in [0.05, 0.1) is 70.7 Å². The van der Waals surface area contributed by atoms with Gasteiger partial charge < -0.3 is 23.7 Å². The highest BCUT2D eigenvalue weighted by Gasteiger charge is 2.22. The normalized spacial score (nSPS) is 11.7.